The van der Waals surface area contributed by atoms with Gasteiger partial charge in [-0.1, -0.05) is 0 Å². The third-order valence-corrected chi connectivity index (χ3v) is 5.68. The van der Waals surface area contributed by atoms with E-state index in [0.29, 0.717) is 0 Å². The van der Waals surface area contributed by atoms with Crippen molar-refractivity contribution in [2.75, 3.05) is 10.6 Å². The SMILES string of the molecule is CC(=O)Nc1ccc(C(O)=C(O)c2ccc(NC(C)=O)cc2S(=O)(=O)O)c(S(=O)(=O)O)c1. The van der Waals surface area contributed by atoms with Crippen molar-refractivity contribution in [3.8, 4) is 0 Å². The quantitative estimate of drug-likeness (QED) is 0.199. The fourth-order valence-electron chi connectivity index (χ4n) is 2.68. The Kier molecular flexibility index (Phi) is 6.94. The van der Waals surface area contributed by atoms with Gasteiger partial charge in [-0.05, 0) is 36.4 Å². The molecule has 0 fully saturated rings. The molecule has 2 rings (SSSR count). The standard InChI is InChI=1S/C18H18N2O10S2/c1-9(21)19-11-3-5-13(15(7-11)31(25,26)27)17(23)18(24)14-6-4-12(20-10(2)22)8-16(14)32(28,29)30/h3-8,23-24H,1-2H3,(H,19,21)(H,20,22)(H,25,26,27)(H,28,29,30). The van der Waals surface area contributed by atoms with Crippen molar-refractivity contribution in [3.63, 3.8) is 0 Å². The number of hydrogen-bond acceptors (Lipinski definition) is 8. The summed E-state index contributed by atoms with van der Waals surface area (Å²) in [5.41, 5.74) is -1.38. The van der Waals surface area contributed by atoms with E-state index in [0.717, 1.165) is 50.2 Å². The van der Waals surface area contributed by atoms with Crippen LogP contribution in [-0.2, 0) is 29.8 Å². The van der Waals surface area contributed by atoms with Crippen molar-refractivity contribution >= 4 is 54.9 Å². The largest absolute Gasteiger partial charge is 0.504 e. The molecule has 6 N–H and O–H groups in total. The first-order valence-electron chi connectivity index (χ1n) is 8.52. The van der Waals surface area contributed by atoms with Crippen LogP contribution < -0.4 is 10.6 Å². The van der Waals surface area contributed by atoms with Gasteiger partial charge in [0, 0.05) is 36.3 Å². The topological polar surface area (TPSA) is 207 Å². The maximum Gasteiger partial charge on any atom is 0.295 e. The molecule has 0 radical (unpaired) electrons. The summed E-state index contributed by atoms with van der Waals surface area (Å²) in [4.78, 5) is 20.6. The first kappa shape index (κ1) is 24.8. The number of amides is 2. The third-order valence-electron chi connectivity index (χ3n) is 3.89. The zero-order valence-electron chi connectivity index (χ0n) is 16.5. The van der Waals surface area contributed by atoms with Gasteiger partial charge in [0.15, 0.2) is 11.5 Å². The second-order valence-electron chi connectivity index (χ2n) is 6.43. The summed E-state index contributed by atoms with van der Waals surface area (Å²) in [5.74, 6) is -3.44. The summed E-state index contributed by atoms with van der Waals surface area (Å²) in [6.45, 7) is 2.29. The molecule has 14 heteroatoms. The fraction of sp³-hybridized carbons (Fsp3) is 0.111. The Morgan fingerprint density at radius 2 is 1.00 bits per heavy atom. The van der Waals surface area contributed by atoms with Gasteiger partial charge in [0.25, 0.3) is 20.2 Å². The first-order valence-corrected chi connectivity index (χ1v) is 11.4. The van der Waals surface area contributed by atoms with Crippen LogP contribution >= 0.6 is 0 Å². The van der Waals surface area contributed by atoms with Crippen molar-refractivity contribution in [1.82, 2.24) is 0 Å². The average molecular weight is 486 g/mol. The minimum atomic E-state index is -4.98. The highest BCUT2D eigenvalue weighted by Crippen LogP contribution is 2.33. The van der Waals surface area contributed by atoms with Crippen LogP contribution in [-0.4, -0.2) is 48.0 Å². The molecule has 0 spiro atoms. The molecule has 0 aromatic heterocycles. The van der Waals surface area contributed by atoms with Crippen LogP contribution in [0.15, 0.2) is 46.2 Å². The van der Waals surface area contributed by atoms with Crippen molar-refractivity contribution in [2.45, 2.75) is 23.6 Å². The van der Waals surface area contributed by atoms with Gasteiger partial charge in [0.1, 0.15) is 9.79 Å². The van der Waals surface area contributed by atoms with Gasteiger partial charge >= 0.3 is 0 Å². The van der Waals surface area contributed by atoms with E-state index in [-0.39, 0.29) is 11.4 Å². The van der Waals surface area contributed by atoms with Crippen LogP contribution in [0.3, 0.4) is 0 Å². The average Bonchev–Trinajstić information content (AvgIpc) is 2.64. The molecule has 0 unspecified atom stereocenters. The summed E-state index contributed by atoms with van der Waals surface area (Å²) < 4.78 is 66.1. The Hall–Kier alpha value is -3.46. The first-order chi connectivity index (χ1) is 14.6. The van der Waals surface area contributed by atoms with Crippen molar-refractivity contribution in [2.24, 2.45) is 0 Å². The number of hydrogen-bond donors (Lipinski definition) is 6. The third kappa shape index (κ3) is 5.82. The molecule has 0 aliphatic heterocycles. The summed E-state index contributed by atoms with van der Waals surface area (Å²) in [5, 5.41) is 25.5. The van der Waals surface area contributed by atoms with Crippen molar-refractivity contribution in [1.29, 1.82) is 0 Å². The summed E-state index contributed by atoms with van der Waals surface area (Å²) >= 11 is 0. The van der Waals surface area contributed by atoms with Gasteiger partial charge in [0.05, 0.1) is 0 Å². The van der Waals surface area contributed by atoms with Crippen molar-refractivity contribution < 1.29 is 45.7 Å². The monoisotopic (exact) mass is 486 g/mol. The lowest BCUT2D eigenvalue weighted by Gasteiger charge is -2.13. The molecule has 0 bridgehead atoms. The highest BCUT2D eigenvalue weighted by atomic mass is 32.2. The normalized spacial score (nSPS) is 12.6. The van der Waals surface area contributed by atoms with Crippen LogP contribution in [0.1, 0.15) is 25.0 Å². The van der Waals surface area contributed by atoms with E-state index in [1.807, 2.05) is 0 Å². The molecule has 0 atom stereocenters. The molecule has 12 nitrogen and oxygen atoms in total. The van der Waals surface area contributed by atoms with Gasteiger partial charge < -0.3 is 20.8 Å². The molecule has 0 heterocycles. The summed E-state index contributed by atoms with van der Waals surface area (Å²) in [7, 11) is -9.97. The molecule has 2 aromatic carbocycles. The van der Waals surface area contributed by atoms with E-state index in [9.17, 15) is 45.7 Å². The van der Waals surface area contributed by atoms with Gasteiger partial charge in [-0.25, -0.2) is 0 Å². The maximum absolute atomic E-state index is 11.8. The van der Waals surface area contributed by atoms with Crippen LogP contribution in [0.25, 0.3) is 11.5 Å². The predicted octanol–water partition coefficient (Wildman–Crippen LogP) is 2.04. The minimum Gasteiger partial charge on any atom is -0.504 e. The molecule has 0 aliphatic rings. The lowest BCUT2D eigenvalue weighted by molar-refractivity contribution is -0.115. The number of anilines is 2. The molecule has 0 aliphatic carbocycles. The number of aliphatic hydroxyl groups is 2. The highest BCUT2D eigenvalue weighted by molar-refractivity contribution is 7.86. The molecule has 2 aromatic rings. The van der Waals surface area contributed by atoms with Crippen molar-refractivity contribution in [3.05, 3.63) is 47.5 Å². The number of aliphatic hydroxyl groups excluding tert-OH is 2. The van der Waals surface area contributed by atoms with Gasteiger partial charge in [-0.15, -0.1) is 0 Å². The number of nitrogens with one attached hydrogen (secondary N) is 2. The Bertz CT molecular complexity index is 1240. The Balaban J connectivity index is 2.77. The molecular formula is C18H18N2O10S2. The smallest absolute Gasteiger partial charge is 0.295 e. The number of rotatable bonds is 6. The van der Waals surface area contributed by atoms with E-state index in [4.69, 9.17) is 0 Å². The maximum atomic E-state index is 11.8. The number of carbonyl (C=O) groups excluding carboxylic acids is 2. The van der Waals surface area contributed by atoms with E-state index >= 15 is 0 Å². The lowest BCUT2D eigenvalue weighted by atomic mass is 10.1. The van der Waals surface area contributed by atoms with Crippen LogP contribution in [0, 0.1) is 0 Å². The molecule has 0 saturated carbocycles. The molecule has 2 amide bonds. The van der Waals surface area contributed by atoms with Gasteiger partial charge in [0.2, 0.25) is 11.8 Å². The van der Waals surface area contributed by atoms with E-state index in [1.54, 1.807) is 0 Å². The number of carbonyl (C=O) groups is 2. The highest BCUT2D eigenvalue weighted by Gasteiger charge is 2.25. The zero-order chi connectivity index (χ0) is 24.4. The second-order valence-corrected chi connectivity index (χ2v) is 9.21. The van der Waals surface area contributed by atoms with E-state index in [1.165, 1.54) is 0 Å². The second kappa shape index (κ2) is 8.96. The van der Waals surface area contributed by atoms with Crippen LogP contribution in [0.4, 0.5) is 11.4 Å². The minimum absolute atomic E-state index is 0.0561. The molecule has 0 saturated heterocycles. The van der Waals surface area contributed by atoms with E-state index < -0.39 is 64.5 Å². The lowest BCUT2D eigenvalue weighted by Crippen LogP contribution is -2.10. The molecule has 32 heavy (non-hydrogen) atoms. The fourth-order valence-corrected chi connectivity index (χ4v) is 4.12. The Labute approximate surface area is 182 Å². The Morgan fingerprint density at radius 3 is 1.25 bits per heavy atom. The molecule has 172 valence electrons. The summed E-state index contributed by atoms with van der Waals surface area (Å²) in [6, 6.07) is 5.80. The zero-order valence-corrected chi connectivity index (χ0v) is 18.2. The Morgan fingerprint density at radius 1 is 0.688 bits per heavy atom. The molecular weight excluding hydrogens is 468 g/mol. The van der Waals surface area contributed by atoms with Gasteiger partial charge in [-0.3, -0.25) is 18.7 Å². The van der Waals surface area contributed by atoms with Gasteiger partial charge in [-0.2, -0.15) is 16.8 Å². The van der Waals surface area contributed by atoms with E-state index in [2.05, 4.69) is 10.6 Å². The number of benzene rings is 2. The van der Waals surface area contributed by atoms with Crippen LogP contribution in [0.5, 0.6) is 0 Å². The van der Waals surface area contributed by atoms with Crippen LogP contribution in [0.2, 0.25) is 0 Å². The predicted molar refractivity (Wildman–Crippen MR) is 113 cm³/mol. The summed E-state index contributed by atoms with van der Waals surface area (Å²) in [6.07, 6.45) is 0.